The number of esters is 1. The van der Waals surface area contributed by atoms with E-state index in [1.807, 2.05) is 31.2 Å². The Morgan fingerprint density at radius 2 is 1.85 bits per heavy atom. The van der Waals surface area contributed by atoms with E-state index >= 15 is 0 Å². The minimum absolute atomic E-state index is 0.369. The van der Waals surface area contributed by atoms with Crippen molar-refractivity contribution in [3.05, 3.63) is 59.2 Å². The van der Waals surface area contributed by atoms with Crippen LogP contribution in [0.5, 0.6) is 5.75 Å². The van der Waals surface area contributed by atoms with E-state index in [2.05, 4.69) is 0 Å². The van der Waals surface area contributed by atoms with Gasteiger partial charge in [-0.05, 0) is 24.6 Å². The van der Waals surface area contributed by atoms with Gasteiger partial charge in [0.1, 0.15) is 17.9 Å². The van der Waals surface area contributed by atoms with Crippen molar-refractivity contribution in [1.82, 2.24) is 0 Å². The summed E-state index contributed by atoms with van der Waals surface area (Å²) in [7, 11) is 1.34. The molecule has 2 aromatic carbocycles. The number of nitrogens with two attached hydrogens (primary N) is 1. The van der Waals surface area contributed by atoms with E-state index < -0.39 is 5.97 Å². The maximum Gasteiger partial charge on any atom is 0.341 e. The second-order valence-corrected chi connectivity index (χ2v) is 4.52. The number of aryl methyl sites for hydroxylation is 1. The van der Waals surface area contributed by atoms with Crippen molar-refractivity contribution in [2.75, 3.05) is 12.8 Å². The highest BCUT2D eigenvalue weighted by Crippen LogP contribution is 2.23. The van der Waals surface area contributed by atoms with Gasteiger partial charge in [0.05, 0.1) is 7.11 Å². The smallest absolute Gasteiger partial charge is 0.341 e. The standard InChI is InChI=1S/C16H17NO3/c1-11-3-5-12(6-4-11)10-20-15-9-13(17)7-8-14(15)16(18)19-2/h3-9H,10,17H2,1-2H3. The first-order valence-electron chi connectivity index (χ1n) is 6.26. The lowest BCUT2D eigenvalue weighted by Gasteiger charge is -2.11. The molecule has 0 unspecified atom stereocenters. The molecule has 0 aliphatic rings. The third-order valence-corrected chi connectivity index (χ3v) is 2.93. The Labute approximate surface area is 118 Å². The van der Waals surface area contributed by atoms with Gasteiger partial charge in [-0.2, -0.15) is 0 Å². The van der Waals surface area contributed by atoms with Gasteiger partial charge in [0.25, 0.3) is 0 Å². The molecule has 0 fully saturated rings. The molecule has 4 heteroatoms. The number of anilines is 1. The molecule has 2 N–H and O–H groups in total. The number of methoxy groups -OCH3 is 1. The van der Waals surface area contributed by atoms with Gasteiger partial charge >= 0.3 is 5.97 Å². The van der Waals surface area contributed by atoms with Crippen LogP contribution in [0.15, 0.2) is 42.5 Å². The van der Waals surface area contributed by atoms with Crippen molar-refractivity contribution in [3.63, 3.8) is 0 Å². The number of carbonyl (C=O) groups is 1. The third kappa shape index (κ3) is 3.29. The van der Waals surface area contributed by atoms with E-state index in [1.54, 1.807) is 18.2 Å². The predicted molar refractivity (Wildman–Crippen MR) is 77.7 cm³/mol. The summed E-state index contributed by atoms with van der Waals surface area (Å²) in [5.41, 5.74) is 8.84. The van der Waals surface area contributed by atoms with Crippen molar-refractivity contribution in [2.45, 2.75) is 13.5 Å². The number of nitrogen functional groups attached to an aromatic ring is 1. The summed E-state index contributed by atoms with van der Waals surface area (Å²) in [6.45, 7) is 2.39. The molecule has 4 nitrogen and oxygen atoms in total. The molecule has 0 aliphatic heterocycles. The molecule has 104 valence electrons. The maximum atomic E-state index is 11.7. The van der Waals surface area contributed by atoms with Crippen LogP contribution < -0.4 is 10.5 Å². The number of hydrogen-bond donors (Lipinski definition) is 1. The molecule has 0 aliphatic carbocycles. The first-order valence-corrected chi connectivity index (χ1v) is 6.26. The highest BCUT2D eigenvalue weighted by molar-refractivity contribution is 5.93. The molecule has 0 bridgehead atoms. The average Bonchev–Trinajstić information content (AvgIpc) is 2.46. The Morgan fingerprint density at radius 1 is 1.15 bits per heavy atom. The zero-order chi connectivity index (χ0) is 14.5. The van der Waals surface area contributed by atoms with Crippen LogP contribution in [0.3, 0.4) is 0 Å². The highest BCUT2D eigenvalue weighted by atomic mass is 16.5. The van der Waals surface area contributed by atoms with E-state index in [0.29, 0.717) is 23.6 Å². The largest absolute Gasteiger partial charge is 0.488 e. The molecule has 0 amide bonds. The van der Waals surface area contributed by atoms with E-state index in [1.165, 1.54) is 12.7 Å². The normalized spacial score (nSPS) is 10.1. The molecule has 0 saturated carbocycles. The van der Waals surface area contributed by atoms with Crippen molar-refractivity contribution >= 4 is 11.7 Å². The monoisotopic (exact) mass is 271 g/mol. The molecule has 0 radical (unpaired) electrons. The van der Waals surface area contributed by atoms with Gasteiger partial charge in [0.2, 0.25) is 0 Å². The number of ether oxygens (including phenoxy) is 2. The summed E-state index contributed by atoms with van der Waals surface area (Å²) in [6, 6.07) is 12.9. The lowest BCUT2D eigenvalue weighted by molar-refractivity contribution is 0.0595. The lowest BCUT2D eigenvalue weighted by Crippen LogP contribution is -2.06. The van der Waals surface area contributed by atoms with Gasteiger partial charge in [-0.25, -0.2) is 4.79 Å². The minimum Gasteiger partial charge on any atom is -0.488 e. The molecule has 0 spiro atoms. The summed E-state index contributed by atoms with van der Waals surface area (Å²) in [4.78, 5) is 11.7. The molecule has 2 aromatic rings. The highest BCUT2D eigenvalue weighted by Gasteiger charge is 2.13. The topological polar surface area (TPSA) is 61.5 Å². The Balaban J connectivity index is 2.17. The SMILES string of the molecule is COC(=O)c1ccc(N)cc1OCc1ccc(C)cc1. The van der Waals surface area contributed by atoms with Gasteiger partial charge < -0.3 is 15.2 Å². The number of benzene rings is 2. The molecule has 0 atom stereocenters. The summed E-state index contributed by atoms with van der Waals surface area (Å²) >= 11 is 0. The Bertz CT molecular complexity index is 606. The molecular formula is C16H17NO3. The van der Waals surface area contributed by atoms with Crippen LogP contribution in [0.25, 0.3) is 0 Å². The number of rotatable bonds is 4. The zero-order valence-electron chi connectivity index (χ0n) is 11.6. The van der Waals surface area contributed by atoms with Gasteiger partial charge in [-0.15, -0.1) is 0 Å². The second-order valence-electron chi connectivity index (χ2n) is 4.52. The second kappa shape index (κ2) is 6.10. The van der Waals surface area contributed by atoms with Crippen LogP contribution in [0.2, 0.25) is 0 Å². The fourth-order valence-corrected chi connectivity index (χ4v) is 1.78. The summed E-state index contributed by atoms with van der Waals surface area (Å²) < 4.78 is 10.4. The van der Waals surface area contributed by atoms with Crippen LogP contribution in [0, 0.1) is 6.92 Å². The molecule has 0 aromatic heterocycles. The molecule has 20 heavy (non-hydrogen) atoms. The van der Waals surface area contributed by atoms with Gasteiger partial charge in [0.15, 0.2) is 0 Å². The number of hydrogen-bond acceptors (Lipinski definition) is 4. The first kappa shape index (κ1) is 13.9. The van der Waals surface area contributed by atoms with Crippen molar-refractivity contribution in [1.29, 1.82) is 0 Å². The summed E-state index contributed by atoms with van der Waals surface area (Å²) in [5, 5.41) is 0. The fraction of sp³-hybridized carbons (Fsp3) is 0.188. The molecule has 0 heterocycles. The lowest BCUT2D eigenvalue weighted by atomic mass is 10.1. The Kier molecular flexibility index (Phi) is 4.25. The van der Waals surface area contributed by atoms with E-state index in [0.717, 1.165) is 5.56 Å². The summed E-state index contributed by atoms with van der Waals surface area (Å²) in [5.74, 6) is -0.0127. The first-order chi connectivity index (χ1) is 9.60. The van der Waals surface area contributed by atoms with Gasteiger partial charge in [-0.1, -0.05) is 29.8 Å². The molecule has 0 saturated heterocycles. The molecular weight excluding hydrogens is 254 g/mol. The Morgan fingerprint density at radius 3 is 2.50 bits per heavy atom. The van der Waals surface area contributed by atoms with Crippen LogP contribution in [0.4, 0.5) is 5.69 Å². The zero-order valence-corrected chi connectivity index (χ0v) is 11.6. The van der Waals surface area contributed by atoms with Crippen LogP contribution in [-0.4, -0.2) is 13.1 Å². The Hall–Kier alpha value is -2.49. The number of carbonyl (C=O) groups excluding carboxylic acids is 1. The minimum atomic E-state index is -0.441. The van der Waals surface area contributed by atoms with E-state index in [4.69, 9.17) is 15.2 Å². The van der Waals surface area contributed by atoms with Crippen molar-refractivity contribution < 1.29 is 14.3 Å². The van der Waals surface area contributed by atoms with Crippen LogP contribution in [0.1, 0.15) is 21.5 Å². The maximum absolute atomic E-state index is 11.7. The van der Waals surface area contributed by atoms with E-state index in [9.17, 15) is 4.79 Å². The van der Waals surface area contributed by atoms with Crippen LogP contribution >= 0.6 is 0 Å². The fourth-order valence-electron chi connectivity index (χ4n) is 1.78. The van der Waals surface area contributed by atoms with Crippen molar-refractivity contribution in [2.24, 2.45) is 0 Å². The molecule has 2 rings (SSSR count). The van der Waals surface area contributed by atoms with Gasteiger partial charge in [0, 0.05) is 11.8 Å². The van der Waals surface area contributed by atoms with Crippen molar-refractivity contribution in [3.8, 4) is 5.75 Å². The quantitative estimate of drug-likeness (QED) is 0.686. The third-order valence-electron chi connectivity index (χ3n) is 2.93. The van der Waals surface area contributed by atoms with Crippen LogP contribution in [-0.2, 0) is 11.3 Å². The summed E-state index contributed by atoms with van der Waals surface area (Å²) in [6.07, 6.45) is 0. The predicted octanol–water partition coefficient (Wildman–Crippen LogP) is 2.94. The van der Waals surface area contributed by atoms with E-state index in [-0.39, 0.29) is 0 Å². The average molecular weight is 271 g/mol. The van der Waals surface area contributed by atoms with Gasteiger partial charge in [-0.3, -0.25) is 0 Å².